The van der Waals surface area contributed by atoms with Gasteiger partial charge >= 0.3 is 0 Å². The third-order valence-corrected chi connectivity index (χ3v) is 4.16. The van der Waals surface area contributed by atoms with Crippen LogP contribution in [0.1, 0.15) is 12.2 Å². The zero-order valence-electron chi connectivity index (χ0n) is 12.0. The Morgan fingerprint density at radius 1 is 1.29 bits per heavy atom. The number of benzene rings is 1. The van der Waals surface area contributed by atoms with E-state index in [1.54, 1.807) is 11.8 Å². The summed E-state index contributed by atoms with van der Waals surface area (Å²) in [6.07, 6.45) is 0.932. The summed E-state index contributed by atoms with van der Waals surface area (Å²) >= 11 is 7.50. The molecule has 2 rings (SSSR count). The van der Waals surface area contributed by atoms with Gasteiger partial charge in [0.25, 0.3) is 0 Å². The predicted molar refractivity (Wildman–Crippen MR) is 86.1 cm³/mol. The Balaban J connectivity index is 1.71. The molecule has 2 aromatic rings. The Kier molecular flexibility index (Phi) is 6.35. The fourth-order valence-electron chi connectivity index (χ4n) is 1.80. The number of hydrogen-bond donors (Lipinski definition) is 1. The number of nitrogens with two attached hydrogens (primary N) is 1. The number of nitrogens with zero attached hydrogens (tertiary/aromatic N) is 3. The molecule has 0 fully saturated rings. The number of aromatic nitrogens is 3. The van der Waals surface area contributed by atoms with E-state index in [1.165, 1.54) is 0 Å². The first-order valence-corrected chi connectivity index (χ1v) is 8.18. The highest BCUT2D eigenvalue weighted by atomic mass is 35.5. The Morgan fingerprint density at radius 3 is 2.76 bits per heavy atom. The summed E-state index contributed by atoms with van der Waals surface area (Å²) in [4.78, 5) is 0. The molecule has 0 saturated heterocycles. The van der Waals surface area contributed by atoms with Crippen LogP contribution < -0.4 is 10.5 Å². The number of aryl methyl sites for hydroxylation is 1. The molecule has 5 nitrogen and oxygen atoms in total. The average Bonchev–Trinajstić information content (AvgIpc) is 2.82. The van der Waals surface area contributed by atoms with Crippen molar-refractivity contribution < 1.29 is 4.74 Å². The molecule has 0 saturated carbocycles. The van der Waals surface area contributed by atoms with Gasteiger partial charge in [0, 0.05) is 23.9 Å². The molecule has 114 valence electrons. The van der Waals surface area contributed by atoms with Crippen molar-refractivity contribution in [2.24, 2.45) is 5.73 Å². The van der Waals surface area contributed by atoms with Crippen LogP contribution in [0.5, 0.6) is 5.75 Å². The highest BCUT2D eigenvalue weighted by Gasteiger charge is 2.08. The molecule has 1 heterocycles. The molecule has 0 aliphatic heterocycles. The average molecular weight is 327 g/mol. The third-order valence-electron chi connectivity index (χ3n) is 2.86. The SMILES string of the molecule is Cc1nnc(SCCCOc2ccc(Cl)cc2)n1CCN. The van der Waals surface area contributed by atoms with Crippen LogP contribution in [0.4, 0.5) is 0 Å². The minimum absolute atomic E-state index is 0.589. The van der Waals surface area contributed by atoms with Crippen LogP contribution in [0.3, 0.4) is 0 Å². The Hall–Kier alpha value is -1.24. The van der Waals surface area contributed by atoms with Gasteiger partial charge in [0.05, 0.1) is 6.61 Å². The summed E-state index contributed by atoms with van der Waals surface area (Å²) < 4.78 is 7.69. The van der Waals surface area contributed by atoms with E-state index < -0.39 is 0 Å². The van der Waals surface area contributed by atoms with Gasteiger partial charge in [-0.15, -0.1) is 10.2 Å². The Labute approximate surface area is 133 Å². The lowest BCUT2D eigenvalue weighted by Gasteiger charge is -2.07. The Bertz CT molecular complexity index is 559. The van der Waals surface area contributed by atoms with Gasteiger partial charge < -0.3 is 15.0 Å². The fraction of sp³-hybridized carbons (Fsp3) is 0.429. The number of thioether (sulfide) groups is 1. The van der Waals surface area contributed by atoms with E-state index in [1.807, 2.05) is 35.8 Å². The topological polar surface area (TPSA) is 66.0 Å². The summed E-state index contributed by atoms with van der Waals surface area (Å²) in [7, 11) is 0. The summed E-state index contributed by atoms with van der Waals surface area (Å²) in [6, 6.07) is 7.39. The molecule has 0 radical (unpaired) electrons. The third kappa shape index (κ3) is 4.91. The first kappa shape index (κ1) is 16.1. The van der Waals surface area contributed by atoms with Gasteiger partial charge in [-0.1, -0.05) is 23.4 Å². The van der Waals surface area contributed by atoms with Gasteiger partial charge in [0.15, 0.2) is 5.16 Å². The molecular formula is C14H19ClN4OS. The van der Waals surface area contributed by atoms with Crippen LogP contribution in [0.25, 0.3) is 0 Å². The summed E-state index contributed by atoms with van der Waals surface area (Å²) in [5.41, 5.74) is 5.59. The van der Waals surface area contributed by atoms with Crippen LogP contribution in [-0.4, -0.2) is 33.7 Å². The molecule has 21 heavy (non-hydrogen) atoms. The summed E-state index contributed by atoms with van der Waals surface area (Å²) in [5, 5.41) is 9.88. The molecule has 0 unspecified atom stereocenters. The van der Waals surface area contributed by atoms with Crippen molar-refractivity contribution in [3.63, 3.8) is 0 Å². The molecule has 2 N–H and O–H groups in total. The van der Waals surface area contributed by atoms with Gasteiger partial charge in [-0.05, 0) is 37.6 Å². The molecule has 0 spiro atoms. The molecule has 7 heteroatoms. The Morgan fingerprint density at radius 2 is 2.05 bits per heavy atom. The van der Waals surface area contributed by atoms with Gasteiger partial charge in [-0.25, -0.2) is 0 Å². The molecule has 0 aliphatic rings. The standard InChI is InChI=1S/C14H19ClN4OS/c1-11-17-18-14(19(11)8-7-16)21-10-2-9-20-13-5-3-12(15)4-6-13/h3-6H,2,7-10,16H2,1H3. The van der Waals surface area contributed by atoms with E-state index in [-0.39, 0.29) is 0 Å². The lowest BCUT2D eigenvalue weighted by Crippen LogP contribution is -2.12. The summed E-state index contributed by atoms with van der Waals surface area (Å²) in [5.74, 6) is 2.67. The molecule has 0 amide bonds. The van der Waals surface area contributed by atoms with Gasteiger partial charge in [0.2, 0.25) is 0 Å². The second-order valence-electron chi connectivity index (χ2n) is 4.47. The van der Waals surface area contributed by atoms with Crippen molar-refractivity contribution in [1.82, 2.24) is 14.8 Å². The fourth-order valence-corrected chi connectivity index (χ4v) is 2.85. The van der Waals surface area contributed by atoms with Gasteiger partial charge in [-0.2, -0.15) is 0 Å². The van der Waals surface area contributed by atoms with E-state index in [2.05, 4.69) is 10.2 Å². The maximum Gasteiger partial charge on any atom is 0.191 e. The quantitative estimate of drug-likeness (QED) is 0.597. The van der Waals surface area contributed by atoms with E-state index in [4.69, 9.17) is 22.1 Å². The number of halogens is 1. The molecular weight excluding hydrogens is 308 g/mol. The molecule has 0 aliphatic carbocycles. The molecule has 1 aromatic heterocycles. The maximum absolute atomic E-state index is 5.82. The molecule has 0 bridgehead atoms. The van der Waals surface area contributed by atoms with Crippen LogP contribution in [0.15, 0.2) is 29.4 Å². The van der Waals surface area contributed by atoms with Crippen molar-refractivity contribution in [1.29, 1.82) is 0 Å². The lowest BCUT2D eigenvalue weighted by molar-refractivity contribution is 0.318. The molecule has 0 atom stereocenters. The minimum Gasteiger partial charge on any atom is -0.494 e. The largest absolute Gasteiger partial charge is 0.494 e. The second-order valence-corrected chi connectivity index (χ2v) is 5.97. The van der Waals surface area contributed by atoms with E-state index in [0.717, 1.165) is 35.4 Å². The smallest absolute Gasteiger partial charge is 0.191 e. The monoisotopic (exact) mass is 326 g/mol. The predicted octanol–water partition coefficient (Wildman–Crippen LogP) is 2.76. The van der Waals surface area contributed by atoms with Crippen LogP contribution in [0, 0.1) is 6.92 Å². The van der Waals surface area contributed by atoms with Crippen molar-refractivity contribution in [3.8, 4) is 5.75 Å². The highest BCUT2D eigenvalue weighted by molar-refractivity contribution is 7.99. The lowest BCUT2D eigenvalue weighted by atomic mass is 10.3. The van der Waals surface area contributed by atoms with E-state index in [0.29, 0.717) is 18.2 Å². The van der Waals surface area contributed by atoms with Crippen molar-refractivity contribution in [2.45, 2.75) is 25.0 Å². The summed E-state index contributed by atoms with van der Waals surface area (Å²) in [6.45, 7) is 3.95. The number of rotatable bonds is 8. The van der Waals surface area contributed by atoms with Crippen molar-refractivity contribution >= 4 is 23.4 Å². The first-order chi connectivity index (χ1) is 10.2. The van der Waals surface area contributed by atoms with E-state index >= 15 is 0 Å². The zero-order valence-corrected chi connectivity index (χ0v) is 13.5. The van der Waals surface area contributed by atoms with Crippen LogP contribution in [0.2, 0.25) is 5.02 Å². The van der Waals surface area contributed by atoms with Crippen LogP contribution >= 0.6 is 23.4 Å². The first-order valence-electron chi connectivity index (χ1n) is 6.81. The minimum atomic E-state index is 0.589. The van der Waals surface area contributed by atoms with Crippen LogP contribution in [-0.2, 0) is 6.54 Å². The van der Waals surface area contributed by atoms with Crippen molar-refractivity contribution in [3.05, 3.63) is 35.1 Å². The van der Waals surface area contributed by atoms with Crippen molar-refractivity contribution in [2.75, 3.05) is 18.9 Å². The highest BCUT2D eigenvalue weighted by Crippen LogP contribution is 2.19. The number of hydrogen-bond acceptors (Lipinski definition) is 5. The zero-order chi connectivity index (χ0) is 15.1. The van der Waals surface area contributed by atoms with E-state index in [9.17, 15) is 0 Å². The number of ether oxygens (including phenoxy) is 1. The normalized spacial score (nSPS) is 10.8. The van der Waals surface area contributed by atoms with Gasteiger partial charge in [-0.3, -0.25) is 0 Å². The molecule has 1 aromatic carbocycles. The second kappa shape index (κ2) is 8.26. The maximum atomic E-state index is 5.82. The van der Waals surface area contributed by atoms with Gasteiger partial charge in [0.1, 0.15) is 11.6 Å².